The number of carbonyl (C=O) groups excluding carboxylic acids is 2. The molecule has 2 aromatic heterocycles. The van der Waals surface area contributed by atoms with Crippen molar-refractivity contribution >= 4 is 17.5 Å². The number of hydrogen-bond acceptors (Lipinski definition) is 6. The first-order chi connectivity index (χ1) is 18.6. The van der Waals surface area contributed by atoms with Gasteiger partial charge in [-0.15, -0.1) is 10.2 Å². The first kappa shape index (κ1) is 26.1. The molecule has 9 nitrogen and oxygen atoms in total. The van der Waals surface area contributed by atoms with Gasteiger partial charge in [-0.05, 0) is 73.5 Å². The lowest BCUT2D eigenvalue weighted by Crippen LogP contribution is -2.45. The van der Waals surface area contributed by atoms with Crippen LogP contribution in [-0.4, -0.2) is 38.1 Å². The minimum atomic E-state index is -4.49. The molecule has 2 heterocycles. The Balaban J connectivity index is 1.45. The molecule has 0 aliphatic heterocycles. The van der Waals surface area contributed by atoms with E-state index in [1.54, 1.807) is 19.1 Å². The number of anilines is 1. The molecule has 1 atom stereocenters. The molecule has 0 saturated heterocycles. The van der Waals surface area contributed by atoms with Crippen molar-refractivity contribution < 1.29 is 31.6 Å². The summed E-state index contributed by atoms with van der Waals surface area (Å²) in [5.74, 6) is -0.891. The third kappa shape index (κ3) is 5.97. The number of alkyl halides is 3. The number of nitrogens with one attached hydrogen (secondary N) is 1. The molecular weight excluding hydrogens is 520 g/mol. The third-order valence-corrected chi connectivity index (χ3v) is 6.03. The van der Waals surface area contributed by atoms with Crippen LogP contribution >= 0.6 is 0 Å². The second-order valence-corrected chi connectivity index (χ2v) is 9.09. The number of amides is 2. The highest BCUT2D eigenvalue weighted by atomic mass is 19.4. The molecule has 0 spiro atoms. The number of aryl methyl sites for hydroxylation is 1. The fraction of sp³-hybridized carbons (Fsp3) is 0.269. The molecule has 1 aliphatic rings. The second-order valence-electron chi connectivity index (χ2n) is 9.09. The second kappa shape index (κ2) is 10.3. The molecule has 1 fully saturated rings. The summed E-state index contributed by atoms with van der Waals surface area (Å²) >= 11 is 0. The van der Waals surface area contributed by atoms with Crippen LogP contribution < -0.4 is 10.2 Å². The van der Waals surface area contributed by atoms with Crippen molar-refractivity contribution in [3.63, 3.8) is 0 Å². The van der Waals surface area contributed by atoms with Gasteiger partial charge in [0.05, 0.1) is 5.56 Å². The number of hydrogen-bond donors (Lipinski definition) is 1. The van der Waals surface area contributed by atoms with E-state index < -0.39 is 42.0 Å². The Morgan fingerprint density at radius 3 is 2.36 bits per heavy atom. The predicted molar refractivity (Wildman–Crippen MR) is 129 cm³/mol. The average molecular weight is 542 g/mol. The Bertz CT molecular complexity index is 1480. The fourth-order valence-electron chi connectivity index (χ4n) is 3.95. The minimum absolute atomic E-state index is 0.00884. The third-order valence-electron chi connectivity index (χ3n) is 6.03. The Kier molecular flexibility index (Phi) is 6.89. The van der Waals surface area contributed by atoms with Crippen molar-refractivity contribution in [3.8, 4) is 11.4 Å². The number of benzene rings is 2. The van der Waals surface area contributed by atoms with Gasteiger partial charge in [-0.3, -0.25) is 14.5 Å². The number of nitrogens with zero attached hydrogens (tertiary/aromatic N) is 5. The van der Waals surface area contributed by atoms with E-state index in [4.69, 9.17) is 4.42 Å². The van der Waals surface area contributed by atoms with Gasteiger partial charge in [0.1, 0.15) is 23.9 Å². The molecule has 0 radical (unpaired) electrons. The van der Waals surface area contributed by atoms with E-state index in [0.29, 0.717) is 5.76 Å². The van der Waals surface area contributed by atoms with Gasteiger partial charge in [-0.1, -0.05) is 12.1 Å². The lowest BCUT2D eigenvalue weighted by Gasteiger charge is -2.29. The maximum absolute atomic E-state index is 13.7. The molecule has 1 N–H and O–H groups in total. The highest BCUT2D eigenvalue weighted by Gasteiger charge is 2.38. The number of aromatic nitrogens is 4. The minimum Gasteiger partial charge on any atom is -0.464 e. The van der Waals surface area contributed by atoms with Crippen LogP contribution in [-0.2, 0) is 22.3 Å². The maximum atomic E-state index is 13.7. The standard InChI is InChI=1S/C26H22F4N6O3/c1-15-2-13-21(39-15)23(25(38)31-19-9-10-19)36(20-11-7-18(27)8-12-20)22(37)14-35-33-24(32-34-35)16-3-5-17(6-4-16)26(28,29)30/h2-8,11-13,19,23H,9-10,14H2,1H3,(H,31,38)/t23-/m1/s1. The summed E-state index contributed by atoms with van der Waals surface area (Å²) in [6, 6.07) is 11.3. The lowest BCUT2D eigenvalue weighted by molar-refractivity contribution is -0.137. The van der Waals surface area contributed by atoms with Crippen LogP contribution in [0.25, 0.3) is 11.4 Å². The van der Waals surface area contributed by atoms with Crippen LogP contribution in [0.2, 0.25) is 0 Å². The van der Waals surface area contributed by atoms with Gasteiger partial charge in [0.15, 0.2) is 6.04 Å². The number of carbonyl (C=O) groups is 2. The number of tetrazole rings is 1. The Hall–Kier alpha value is -4.55. The first-order valence-electron chi connectivity index (χ1n) is 12.0. The van der Waals surface area contributed by atoms with Gasteiger partial charge in [-0.25, -0.2) is 4.39 Å². The summed E-state index contributed by atoms with van der Waals surface area (Å²) in [6.45, 7) is 1.23. The van der Waals surface area contributed by atoms with Crippen molar-refractivity contribution in [3.05, 3.63) is 83.6 Å². The molecule has 2 aromatic carbocycles. The molecule has 4 aromatic rings. The molecule has 1 saturated carbocycles. The zero-order valence-electron chi connectivity index (χ0n) is 20.5. The van der Waals surface area contributed by atoms with Crippen molar-refractivity contribution in [2.24, 2.45) is 0 Å². The summed E-state index contributed by atoms with van der Waals surface area (Å²) in [7, 11) is 0. The number of rotatable bonds is 8. The van der Waals surface area contributed by atoms with Crippen molar-refractivity contribution in [2.75, 3.05) is 4.90 Å². The average Bonchev–Trinajstić information content (AvgIpc) is 3.40. The van der Waals surface area contributed by atoms with Crippen LogP contribution in [0.5, 0.6) is 0 Å². The Morgan fingerprint density at radius 1 is 1.08 bits per heavy atom. The predicted octanol–water partition coefficient (Wildman–Crippen LogP) is 4.45. The van der Waals surface area contributed by atoms with Crippen LogP contribution in [0.4, 0.5) is 23.2 Å². The van der Waals surface area contributed by atoms with E-state index >= 15 is 0 Å². The van der Waals surface area contributed by atoms with Gasteiger partial charge in [-0.2, -0.15) is 18.0 Å². The maximum Gasteiger partial charge on any atom is 0.416 e. The molecular formula is C26H22F4N6O3. The monoisotopic (exact) mass is 542 g/mol. The zero-order valence-corrected chi connectivity index (χ0v) is 20.5. The summed E-state index contributed by atoms with van der Waals surface area (Å²) in [6.07, 6.45) is -2.86. The highest BCUT2D eigenvalue weighted by molar-refractivity contribution is 6.01. The number of halogens is 4. The van der Waals surface area contributed by atoms with Gasteiger partial charge in [0.2, 0.25) is 5.82 Å². The first-order valence-corrected chi connectivity index (χ1v) is 12.0. The highest BCUT2D eigenvalue weighted by Crippen LogP contribution is 2.32. The molecule has 1 aliphatic carbocycles. The summed E-state index contributed by atoms with van der Waals surface area (Å²) in [5, 5.41) is 14.7. The van der Waals surface area contributed by atoms with E-state index in [2.05, 4.69) is 20.7 Å². The van der Waals surface area contributed by atoms with Crippen LogP contribution in [0.1, 0.15) is 36.0 Å². The van der Waals surface area contributed by atoms with Crippen molar-refractivity contribution in [1.82, 2.24) is 25.5 Å². The topological polar surface area (TPSA) is 106 Å². The van der Waals surface area contributed by atoms with Crippen molar-refractivity contribution in [1.29, 1.82) is 0 Å². The van der Waals surface area contributed by atoms with Crippen LogP contribution in [0.15, 0.2) is 65.1 Å². The van der Waals surface area contributed by atoms with E-state index in [0.717, 1.165) is 41.9 Å². The van der Waals surface area contributed by atoms with E-state index in [1.807, 2.05) is 0 Å². The van der Waals surface area contributed by atoms with E-state index in [1.165, 1.54) is 29.2 Å². The summed E-state index contributed by atoms with van der Waals surface area (Å²) in [4.78, 5) is 29.2. The van der Waals surface area contributed by atoms with Crippen LogP contribution in [0, 0.1) is 12.7 Å². The molecule has 5 rings (SSSR count). The van der Waals surface area contributed by atoms with Gasteiger partial charge < -0.3 is 9.73 Å². The smallest absolute Gasteiger partial charge is 0.416 e. The summed E-state index contributed by atoms with van der Waals surface area (Å²) in [5.41, 5.74) is -0.327. The molecule has 202 valence electrons. The summed E-state index contributed by atoms with van der Waals surface area (Å²) < 4.78 is 58.1. The zero-order chi connectivity index (χ0) is 27.7. The largest absolute Gasteiger partial charge is 0.464 e. The quantitative estimate of drug-likeness (QED) is 0.330. The Labute approximate surface area is 219 Å². The van der Waals surface area contributed by atoms with Crippen LogP contribution in [0.3, 0.4) is 0 Å². The molecule has 0 unspecified atom stereocenters. The molecule has 2 amide bonds. The normalized spacial score (nSPS) is 14.2. The number of furan rings is 1. The van der Waals surface area contributed by atoms with Gasteiger partial charge in [0, 0.05) is 17.3 Å². The van der Waals surface area contributed by atoms with Gasteiger partial charge in [0.25, 0.3) is 11.8 Å². The Morgan fingerprint density at radius 2 is 1.77 bits per heavy atom. The molecule has 13 heteroatoms. The molecule has 39 heavy (non-hydrogen) atoms. The van der Waals surface area contributed by atoms with E-state index in [-0.39, 0.29) is 28.9 Å². The lowest BCUT2D eigenvalue weighted by atomic mass is 10.1. The molecule has 0 bridgehead atoms. The fourth-order valence-corrected chi connectivity index (χ4v) is 3.95. The van der Waals surface area contributed by atoms with E-state index in [9.17, 15) is 27.2 Å². The van der Waals surface area contributed by atoms with Gasteiger partial charge >= 0.3 is 6.18 Å². The SMILES string of the molecule is Cc1ccc([C@H](C(=O)NC2CC2)N(C(=O)Cn2nnc(-c3ccc(C(F)(F)F)cc3)n2)c2ccc(F)cc2)o1. The van der Waals surface area contributed by atoms with Crippen molar-refractivity contribution in [2.45, 2.75) is 44.6 Å².